The molecule has 0 N–H and O–H groups in total. The SMILES string of the molecule is N#Cc1nc(C2=CC=CCC2)c2c(-c3ccccc3)n(-c3cc(C(F)(F)F)cc(C(F)(F)F)c3)c(-c3ccccc3)c2c1-c1cccc(C2CCCCC2)c1. The number of rotatable bonds is 6. The fourth-order valence-electron chi connectivity index (χ4n) is 8.23. The first kappa shape index (κ1) is 36.1. The third-order valence-electron chi connectivity index (χ3n) is 10.7. The van der Waals surface area contributed by atoms with Gasteiger partial charge in [0.1, 0.15) is 11.8 Å². The molecule has 1 saturated carbocycles. The van der Waals surface area contributed by atoms with Crippen molar-refractivity contribution in [3.05, 3.63) is 149 Å². The van der Waals surface area contributed by atoms with Crippen LogP contribution in [0.3, 0.4) is 0 Å². The number of nitrogens with zero attached hydrogens (tertiary/aromatic N) is 3. The second kappa shape index (κ2) is 14.4. The Labute approximate surface area is 314 Å². The van der Waals surface area contributed by atoms with Crippen molar-refractivity contribution < 1.29 is 26.3 Å². The van der Waals surface area contributed by atoms with E-state index in [1.54, 1.807) is 60.7 Å². The molecule has 9 heteroatoms. The fourth-order valence-corrected chi connectivity index (χ4v) is 8.23. The Balaban J connectivity index is 1.62. The van der Waals surface area contributed by atoms with Crippen molar-refractivity contribution >= 4 is 16.3 Å². The number of hydrogen-bond acceptors (Lipinski definition) is 2. The maximum atomic E-state index is 14.5. The molecule has 8 rings (SSSR count). The number of halogens is 6. The summed E-state index contributed by atoms with van der Waals surface area (Å²) in [6.45, 7) is 0. The molecule has 3 nitrogen and oxygen atoms in total. The Morgan fingerprint density at radius 2 is 1.27 bits per heavy atom. The molecule has 0 amide bonds. The maximum Gasteiger partial charge on any atom is 0.416 e. The van der Waals surface area contributed by atoms with Crippen LogP contribution in [-0.4, -0.2) is 9.55 Å². The summed E-state index contributed by atoms with van der Waals surface area (Å²) in [6.07, 6.45) is 2.40. The van der Waals surface area contributed by atoms with Crippen LogP contribution in [0.5, 0.6) is 0 Å². The van der Waals surface area contributed by atoms with Crippen LogP contribution in [0, 0.1) is 11.3 Å². The lowest BCUT2D eigenvalue weighted by Crippen LogP contribution is -2.13. The summed E-state index contributed by atoms with van der Waals surface area (Å²) in [6, 6.07) is 29.9. The van der Waals surface area contributed by atoms with Gasteiger partial charge in [0.05, 0.1) is 28.2 Å². The van der Waals surface area contributed by atoms with E-state index in [0.717, 1.165) is 49.0 Å². The quantitative estimate of drug-likeness (QED) is 0.159. The van der Waals surface area contributed by atoms with Crippen LogP contribution in [0.1, 0.15) is 78.9 Å². The average Bonchev–Trinajstić information content (AvgIpc) is 3.57. The highest BCUT2D eigenvalue weighted by atomic mass is 19.4. The van der Waals surface area contributed by atoms with Gasteiger partial charge in [-0.15, -0.1) is 0 Å². The predicted molar refractivity (Wildman–Crippen MR) is 204 cm³/mol. The smallest absolute Gasteiger partial charge is 0.308 e. The maximum absolute atomic E-state index is 14.5. The molecular formula is C46H35F6N3. The summed E-state index contributed by atoms with van der Waals surface area (Å²) >= 11 is 0. The van der Waals surface area contributed by atoms with Gasteiger partial charge in [-0.25, -0.2) is 4.98 Å². The van der Waals surface area contributed by atoms with E-state index >= 15 is 0 Å². The minimum absolute atomic E-state index is 0.118. The molecule has 55 heavy (non-hydrogen) atoms. The molecule has 0 bridgehead atoms. The summed E-state index contributed by atoms with van der Waals surface area (Å²) in [7, 11) is 0. The van der Waals surface area contributed by atoms with Crippen LogP contribution in [-0.2, 0) is 12.4 Å². The van der Waals surface area contributed by atoms with Gasteiger partial charge >= 0.3 is 12.4 Å². The lowest BCUT2D eigenvalue weighted by atomic mass is 9.82. The van der Waals surface area contributed by atoms with Gasteiger partial charge in [0.2, 0.25) is 0 Å². The molecule has 2 aromatic heterocycles. The molecule has 6 aromatic rings. The highest BCUT2D eigenvalue weighted by Gasteiger charge is 2.38. The molecular weight excluding hydrogens is 709 g/mol. The molecule has 4 aromatic carbocycles. The third kappa shape index (κ3) is 6.86. The van der Waals surface area contributed by atoms with Crippen LogP contribution in [0.4, 0.5) is 26.3 Å². The fraction of sp³-hybridized carbons (Fsp3) is 0.217. The molecule has 0 radical (unpaired) electrons. The predicted octanol–water partition coefficient (Wildman–Crippen LogP) is 13.7. The minimum Gasteiger partial charge on any atom is -0.308 e. The Kier molecular flexibility index (Phi) is 9.46. The van der Waals surface area contributed by atoms with E-state index in [2.05, 4.69) is 18.2 Å². The number of alkyl halides is 6. The van der Waals surface area contributed by atoms with E-state index in [4.69, 9.17) is 4.98 Å². The second-order valence-corrected chi connectivity index (χ2v) is 14.2. The number of allylic oxidation sites excluding steroid dienone is 4. The first-order valence-corrected chi connectivity index (χ1v) is 18.4. The van der Waals surface area contributed by atoms with Gasteiger partial charge in [-0.1, -0.05) is 122 Å². The first-order chi connectivity index (χ1) is 26.5. The molecule has 0 atom stereocenters. The van der Waals surface area contributed by atoms with Crippen molar-refractivity contribution in [3.63, 3.8) is 0 Å². The van der Waals surface area contributed by atoms with Crippen molar-refractivity contribution in [1.29, 1.82) is 5.26 Å². The van der Waals surface area contributed by atoms with Crippen LogP contribution in [0.25, 0.3) is 55.7 Å². The van der Waals surface area contributed by atoms with Crippen LogP contribution in [0.2, 0.25) is 0 Å². The van der Waals surface area contributed by atoms with Crippen molar-refractivity contribution in [2.24, 2.45) is 0 Å². The number of fused-ring (bicyclic) bond motifs is 1. The molecule has 1 fully saturated rings. The Morgan fingerprint density at radius 1 is 0.673 bits per heavy atom. The topological polar surface area (TPSA) is 41.6 Å². The summed E-state index contributed by atoms with van der Waals surface area (Å²) in [5.74, 6) is 0.324. The van der Waals surface area contributed by atoms with E-state index in [-0.39, 0.29) is 17.4 Å². The summed E-state index contributed by atoms with van der Waals surface area (Å²) in [5, 5.41) is 12.0. The highest BCUT2D eigenvalue weighted by Crippen LogP contribution is 2.50. The number of pyridine rings is 1. The largest absolute Gasteiger partial charge is 0.416 e. The van der Waals surface area contributed by atoms with E-state index in [1.165, 1.54) is 11.0 Å². The van der Waals surface area contributed by atoms with E-state index < -0.39 is 23.5 Å². The molecule has 2 heterocycles. The zero-order chi connectivity index (χ0) is 38.3. The lowest BCUT2D eigenvalue weighted by molar-refractivity contribution is -0.143. The Bertz CT molecular complexity index is 2460. The Hall–Kier alpha value is -5.88. The number of nitriles is 1. The molecule has 0 aliphatic heterocycles. The van der Waals surface area contributed by atoms with Gasteiger partial charge in [0, 0.05) is 22.0 Å². The molecule has 276 valence electrons. The zero-order valence-corrected chi connectivity index (χ0v) is 29.7. The van der Waals surface area contributed by atoms with Gasteiger partial charge in [0.15, 0.2) is 0 Å². The second-order valence-electron chi connectivity index (χ2n) is 14.2. The molecule has 2 aliphatic rings. The third-order valence-corrected chi connectivity index (χ3v) is 10.7. The molecule has 2 aliphatic carbocycles. The van der Waals surface area contributed by atoms with Gasteiger partial charge in [-0.2, -0.15) is 31.6 Å². The van der Waals surface area contributed by atoms with Crippen molar-refractivity contribution in [2.45, 2.75) is 63.2 Å². The lowest BCUT2D eigenvalue weighted by Gasteiger charge is -2.23. The standard InChI is InChI=1S/C46H35F6N3/c47-45(48,49)35-25-36(46(50,51)52)27-37(26-35)55-43(31-18-9-3-10-19-31)40-39(34-23-13-22-33(24-34)29-14-5-1-6-15-29)38(28-53)54-42(30-16-7-2-8-17-30)41(40)44(55)32-20-11-4-12-21-32/h2-4,7,9-13,16,18-27,29H,1,5-6,8,14-15,17H2. The van der Waals surface area contributed by atoms with E-state index in [0.29, 0.717) is 68.9 Å². The van der Waals surface area contributed by atoms with Crippen LogP contribution in [0.15, 0.2) is 121 Å². The van der Waals surface area contributed by atoms with Crippen LogP contribution >= 0.6 is 0 Å². The molecule has 0 spiro atoms. The van der Waals surface area contributed by atoms with Crippen LogP contribution < -0.4 is 0 Å². The van der Waals surface area contributed by atoms with Gasteiger partial charge in [-0.05, 0) is 77.6 Å². The zero-order valence-electron chi connectivity index (χ0n) is 29.7. The summed E-state index contributed by atoms with van der Waals surface area (Å²) < 4.78 is 88.8. The van der Waals surface area contributed by atoms with E-state index in [1.807, 2.05) is 30.4 Å². The normalized spacial score (nSPS) is 15.3. The highest BCUT2D eigenvalue weighted by molar-refractivity contribution is 6.17. The molecule has 0 saturated heterocycles. The van der Waals surface area contributed by atoms with Crippen molar-refractivity contribution in [1.82, 2.24) is 9.55 Å². The minimum atomic E-state index is -5.08. The summed E-state index contributed by atoms with van der Waals surface area (Å²) in [5.41, 5.74) is 2.34. The number of hydrogen-bond donors (Lipinski definition) is 0. The van der Waals surface area contributed by atoms with Crippen molar-refractivity contribution in [2.75, 3.05) is 0 Å². The Morgan fingerprint density at radius 3 is 1.84 bits per heavy atom. The van der Waals surface area contributed by atoms with Gasteiger partial charge in [0.25, 0.3) is 0 Å². The van der Waals surface area contributed by atoms with Crippen molar-refractivity contribution in [3.8, 4) is 45.4 Å². The molecule has 0 unspecified atom stereocenters. The number of benzene rings is 4. The number of aromatic nitrogens is 2. The average molecular weight is 744 g/mol. The first-order valence-electron chi connectivity index (χ1n) is 18.4. The van der Waals surface area contributed by atoms with Gasteiger partial charge < -0.3 is 4.57 Å². The monoisotopic (exact) mass is 743 g/mol. The van der Waals surface area contributed by atoms with E-state index in [9.17, 15) is 31.6 Å². The van der Waals surface area contributed by atoms with Gasteiger partial charge in [-0.3, -0.25) is 0 Å². The summed E-state index contributed by atoms with van der Waals surface area (Å²) in [4.78, 5) is 5.07.